The van der Waals surface area contributed by atoms with Gasteiger partial charge >= 0.3 is 0 Å². The van der Waals surface area contributed by atoms with Gasteiger partial charge in [0.1, 0.15) is 18.1 Å². The first-order valence-corrected chi connectivity index (χ1v) is 8.76. The van der Waals surface area contributed by atoms with E-state index < -0.39 is 0 Å². The maximum Gasteiger partial charge on any atom is 0.248 e. The third-order valence-corrected chi connectivity index (χ3v) is 4.52. The molecule has 0 saturated carbocycles. The van der Waals surface area contributed by atoms with Gasteiger partial charge in [-0.25, -0.2) is 0 Å². The van der Waals surface area contributed by atoms with Gasteiger partial charge in [-0.05, 0) is 24.6 Å². The zero-order valence-corrected chi connectivity index (χ0v) is 15.1. The molecule has 26 heavy (non-hydrogen) atoms. The Hall–Kier alpha value is -2.60. The molecule has 0 aliphatic carbocycles. The van der Waals surface area contributed by atoms with Crippen molar-refractivity contribution in [3.63, 3.8) is 0 Å². The number of hydrogen-bond donors (Lipinski definition) is 1. The number of ether oxygens (including phenoxy) is 1. The largest absolute Gasteiger partial charge is 0.466 e. The summed E-state index contributed by atoms with van der Waals surface area (Å²) < 4.78 is 11.3. The van der Waals surface area contributed by atoms with E-state index in [9.17, 15) is 9.59 Å². The summed E-state index contributed by atoms with van der Waals surface area (Å²) in [5.74, 6) is 1.37. The monoisotopic (exact) mass is 356 g/mol. The first kappa shape index (κ1) is 18.2. The quantitative estimate of drug-likeness (QED) is 0.862. The van der Waals surface area contributed by atoms with Crippen LogP contribution >= 0.6 is 0 Å². The fourth-order valence-corrected chi connectivity index (χ4v) is 3.28. The van der Waals surface area contributed by atoms with Crippen LogP contribution in [0.25, 0.3) is 0 Å². The highest BCUT2D eigenvalue weighted by atomic mass is 16.5. The molecule has 2 aromatic rings. The fourth-order valence-electron chi connectivity index (χ4n) is 3.28. The minimum absolute atomic E-state index is 0.0194. The SMILES string of the molecule is CC(=O)NC1CN(C(=O)COCc2ccccc2)CC1c1ccc(C)o1. The van der Waals surface area contributed by atoms with Crippen LogP contribution in [0.2, 0.25) is 0 Å². The van der Waals surface area contributed by atoms with Crippen molar-refractivity contribution in [2.75, 3.05) is 19.7 Å². The molecule has 0 spiro atoms. The molecule has 1 aliphatic rings. The first-order valence-electron chi connectivity index (χ1n) is 8.76. The summed E-state index contributed by atoms with van der Waals surface area (Å²) in [6.07, 6.45) is 0. The summed E-state index contributed by atoms with van der Waals surface area (Å²) in [5, 5.41) is 2.93. The molecule has 2 unspecified atom stereocenters. The van der Waals surface area contributed by atoms with Gasteiger partial charge in [-0.3, -0.25) is 9.59 Å². The third kappa shape index (κ3) is 4.52. The number of carbonyl (C=O) groups is 2. The van der Waals surface area contributed by atoms with Crippen molar-refractivity contribution in [3.8, 4) is 0 Å². The Bertz CT molecular complexity index is 756. The highest BCUT2D eigenvalue weighted by Crippen LogP contribution is 2.29. The van der Waals surface area contributed by atoms with E-state index >= 15 is 0 Å². The average Bonchev–Trinajstić information content (AvgIpc) is 3.21. The van der Waals surface area contributed by atoms with E-state index in [1.54, 1.807) is 4.90 Å². The van der Waals surface area contributed by atoms with Crippen LogP contribution in [-0.2, 0) is 20.9 Å². The van der Waals surface area contributed by atoms with Crippen molar-refractivity contribution in [3.05, 3.63) is 59.5 Å². The highest BCUT2D eigenvalue weighted by molar-refractivity contribution is 5.78. The van der Waals surface area contributed by atoms with Crippen molar-refractivity contribution in [1.82, 2.24) is 10.2 Å². The van der Waals surface area contributed by atoms with Gasteiger partial charge in [0.2, 0.25) is 11.8 Å². The van der Waals surface area contributed by atoms with E-state index in [1.165, 1.54) is 6.92 Å². The number of rotatable bonds is 6. The highest BCUT2D eigenvalue weighted by Gasteiger charge is 2.38. The number of nitrogens with zero attached hydrogens (tertiary/aromatic N) is 1. The van der Waals surface area contributed by atoms with Crippen LogP contribution < -0.4 is 5.32 Å². The van der Waals surface area contributed by atoms with E-state index in [0.29, 0.717) is 19.7 Å². The lowest BCUT2D eigenvalue weighted by atomic mass is 10.0. The van der Waals surface area contributed by atoms with Gasteiger partial charge in [0.15, 0.2) is 0 Å². The molecule has 0 bridgehead atoms. The molecular weight excluding hydrogens is 332 g/mol. The summed E-state index contributed by atoms with van der Waals surface area (Å²) in [4.78, 5) is 25.8. The van der Waals surface area contributed by atoms with Crippen molar-refractivity contribution in [1.29, 1.82) is 0 Å². The fraction of sp³-hybridized carbons (Fsp3) is 0.400. The Kier molecular flexibility index (Phi) is 5.73. The topological polar surface area (TPSA) is 71.8 Å². The van der Waals surface area contributed by atoms with E-state index in [1.807, 2.05) is 49.4 Å². The molecule has 6 nitrogen and oxygen atoms in total. The molecule has 6 heteroatoms. The Morgan fingerprint density at radius 3 is 2.62 bits per heavy atom. The molecule has 2 atom stereocenters. The standard InChI is InChI=1S/C20H24N2O4/c1-14-8-9-19(26-14)17-10-22(11-18(17)21-15(2)23)20(24)13-25-12-16-6-4-3-5-7-16/h3-9,17-18H,10-13H2,1-2H3,(H,21,23). The maximum atomic E-state index is 12.5. The Labute approximate surface area is 153 Å². The predicted octanol–water partition coefficient (Wildman–Crippen LogP) is 2.24. The molecule has 1 fully saturated rings. The zero-order valence-electron chi connectivity index (χ0n) is 15.1. The molecule has 138 valence electrons. The number of amides is 2. The summed E-state index contributed by atoms with van der Waals surface area (Å²) in [6, 6.07) is 13.4. The minimum Gasteiger partial charge on any atom is -0.466 e. The van der Waals surface area contributed by atoms with Crippen LogP contribution in [0, 0.1) is 6.92 Å². The van der Waals surface area contributed by atoms with Gasteiger partial charge in [0, 0.05) is 20.0 Å². The molecule has 1 N–H and O–H groups in total. The Morgan fingerprint density at radius 1 is 1.19 bits per heavy atom. The van der Waals surface area contributed by atoms with E-state index in [-0.39, 0.29) is 30.4 Å². The number of benzene rings is 1. The third-order valence-electron chi connectivity index (χ3n) is 4.52. The second-order valence-corrected chi connectivity index (χ2v) is 6.64. The molecule has 2 heterocycles. The molecule has 1 aliphatic heterocycles. The van der Waals surface area contributed by atoms with Crippen molar-refractivity contribution < 1.29 is 18.7 Å². The van der Waals surface area contributed by atoms with Crippen LogP contribution in [0.15, 0.2) is 46.9 Å². The van der Waals surface area contributed by atoms with Crippen molar-refractivity contribution in [2.45, 2.75) is 32.4 Å². The number of likely N-dealkylation sites (tertiary alicyclic amines) is 1. The van der Waals surface area contributed by atoms with E-state index in [4.69, 9.17) is 9.15 Å². The predicted molar refractivity (Wildman–Crippen MR) is 96.5 cm³/mol. The van der Waals surface area contributed by atoms with Crippen LogP contribution in [0.5, 0.6) is 0 Å². The molecule has 2 amide bonds. The summed E-state index contributed by atoms with van der Waals surface area (Å²) >= 11 is 0. The van der Waals surface area contributed by atoms with Gasteiger partial charge in [-0.1, -0.05) is 30.3 Å². The van der Waals surface area contributed by atoms with Crippen LogP contribution in [0.4, 0.5) is 0 Å². The lowest BCUT2D eigenvalue weighted by Crippen LogP contribution is -2.39. The smallest absolute Gasteiger partial charge is 0.248 e. The minimum atomic E-state index is -0.156. The van der Waals surface area contributed by atoms with Crippen LogP contribution in [-0.4, -0.2) is 42.5 Å². The first-order chi connectivity index (χ1) is 12.5. The summed E-state index contributed by atoms with van der Waals surface area (Å²) in [6.45, 7) is 4.75. The second-order valence-electron chi connectivity index (χ2n) is 6.64. The molecular formula is C20H24N2O4. The Morgan fingerprint density at radius 2 is 1.96 bits per heavy atom. The van der Waals surface area contributed by atoms with Crippen LogP contribution in [0.1, 0.15) is 29.9 Å². The van der Waals surface area contributed by atoms with Gasteiger partial charge in [-0.15, -0.1) is 0 Å². The van der Waals surface area contributed by atoms with Crippen LogP contribution in [0.3, 0.4) is 0 Å². The summed E-state index contributed by atoms with van der Waals surface area (Å²) in [7, 11) is 0. The van der Waals surface area contributed by atoms with Gasteiger partial charge in [-0.2, -0.15) is 0 Å². The lowest BCUT2D eigenvalue weighted by Gasteiger charge is -2.17. The number of carbonyl (C=O) groups excluding carboxylic acids is 2. The zero-order chi connectivity index (χ0) is 18.5. The molecule has 1 aromatic carbocycles. The Balaban J connectivity index is 1.59. The number of nitrogens with one attached hydrogen (secondary N) is 1. The average molecular weight is 356 g/mol. The van der Waals surface area contributed by atoms with Crippen molar-refractivity contribution in [2.24, 2.45) is 0 Å². The van der Waals surface area contributed by atoms with Gasteiger partial charge in [0.05, 0.1) is 18.6 Å². The normalized spacial score (nSPS) is 19.5. The number of furan rings is 1. The van der Waals surface area contributed by atoms with Gasteiger partial charge < -0.3 is 19.4 Å². The number of aryl methyl sites for hydroxylation is 1. The van der Waals surface area contributed by atoms with Crippen molar-refractivity contribution >= 4 is 11.8 Å². The van der Waals surface area contributed by atoms with E-state index in [0.717, 1.165) is 17.1 Å². The molecule has 1 aromatic heterocycles. The lowest BCUT2D eigenvalue weighted by molar-refractivity contribution is -0.135. The number of hydrogen-bond acceptors (Lipinski definition) is 4. The molecule has 3 rings (SSSR count). The second kappa shape index (κ2) is 8.19. The van der Waals surface area contributed by atoms with E-state index in [2.05, 4.69) is 5.32 Å². The maximum absolute atomic E-state index is 12.5. The molecule has 0 radical (unpaired) electrons. The summed E-state index contributed by atoms with van der Waals surface area (Å²) in [5.41, 5.74) is 1.03. The van der Waals surface area contributed by atoms with Gasteiger partial charge in [0.25, 0.3) is 0 Å². The molecule has 1 saturated heterocycles.